The van der Waals surface area contributed by atoms with E-state index in [4.69, 9.17) is 0 Å². The summed E-state index contributed by atoms with van der Waals surface area (Å²) in [7, 11) is 0. The molecule has 1 unspecified atom stereocenters. The fraction of sp³-hybridized carbons (Fsp3) is 0.980. The van der Waals surface area contributed by atoms with Gasteiger partial charge in [-0.2, -0.15) is 0 Å². The van der Waals surface area contributed by atoms with Crippen molar-refractivity contribution in [3.8, 4) is 0 Å². The molecule has 0 amide bonds. The Kier molecular flexibility index (Phi) is 68.4. The average Bonchev–Trinajstić information content (AvgIpc) is 3.11. The molecule has 0 aromatic carbocycles. The summed E-state index contributed by atoms with van der Waals surface area (Å²) in [6.07, 6.45) is 49.1. The Balaban J connectivity index is -0.000000235. The first-order valence-electron chi connectivity index (χ1n) is 23.5. The van der Waals surface area contributed by atoms with E-state index in [0.717, 1.165) is 36.9 Å². The minimum Gasteiger partial charge on any atom is -0.303 e. The lowest BCUT2D eigenvalue weighted by atomic mass is 9.73. The van der Waals surface area contributed by atoms with Gasteiger partial charge < -0.3 is 4.79 Å². The molecule has 1 aliphatic carbocycles. The van der Waals surface area contributed by atoms with E-state index >= 15 is 0 Å². The lowest BCUT2D eigenvalue weighted by molar-refractivity contribution is -0.107. The third-order valence-corrected chi connectivity index (χ3v) is 10.0. The van der Waals surface area contributed by atoms with Crippen molar-refractivity contribution in [3.05, 3.63) is 0 Å². The van der Waals surface area contributed by atoms with Crippen LogP contribution in [0.4, 0.5) is 0 Å². The molecule has 0 N–H and O–H groups in total. The van der Waals surface area contributed by atoms with Gasteiger partial charge in [-0.1, -0.05) is 269 Å². The van der Waals surface area contributed by atoms with Crippen molar-refractivity contribution in [1.29, 1.82) is 0 Å². The standard InChI is InChI=1S/C25H50.C16H32O.C3H8.2C2H6.CH4/c1-4-5-6-7-8-9-10-11-12-13-14-15-16-17-18-23(2)19-20-25-21-24(3)22-25;1-2-3-4-5-6-7-8-9-10-11-12-13-14-15-16-17;1-3-2;2*1-2;/h23-25H,4-22H2,1-3H3;16H,2-15H2,1H3;3H2,1-2H3;2*1-2H3;1H4. The Labute approximate surface area is 322 Å². The van der Waals surface area contributed by atoms with Gasteiger partial charge in [0.05, 0.1) is 0 Å². The number of aldehydes is 1. The summed E-state index contributed by atoms with van der Waals surface area (Å²) in [5, 5.41) is 0. The highest BCUT2D eigenvalue weighted by Gasteiger charge is 2.24. The van der Waals surface area contributed by atoms with Gasteiger partial charge >= 0.3 is 0 Å². The normalized spacial score (nSPS) is 14.8. The van der Waals surface area contributed by atoms with Crippen molar-refractivity contribution in [2.24, 2.45) is 17.8 Å². The smallest absolute Gasteiger partial charge is 0.119 e. The fourth-order valence-electron chi connectivity index (χ4n) is 6.90. The summed E-state index contributed by atoms with van der Waals surface area (Å²) in [6, 6.07) is 0. The van der Waals surface area contributed by atoms with Crippen LogP contribution in [-0.2, 0) is 4.79 Å². The van der Waals surface area contributed by atoms with E-state index in [9.17, 15) is 4.79 Å². The molecule has 1 atom stereocenters. The van der Waals surface area contributed by atoms with Gasteiger partial charge in [0.15, 0.2) is 0 Å². The van der Waals surface area contributed by atoms with Crippen molar-refractivity contribution < 1.29 is 4.79 Å². The molecule has 0 aromatic rings. The molecule has 0 spiro atoms. The van der Waals surface area contributed by atoms with Crippen LogP contribution < -0.4 is 0 Å². The number of carbonyl (C=O) groups excluding carboxylic acids is 1. The summed E-state index contributed by atoms with van der Waals surface area (Å²) in [5.74, 6) is 3.10. The van der Waals surface area contributed by atoms with E-state index in [1.54, 1.807) is 0 Å². The number of unbranched alkanes of at least 4 members (excludes halogenated alkanes) is 26. The van der Waals surface area contributed by atoms with Gasteiger partial charge in [-0.3, -0.25) is 0 Å². The van der Waals surface area contributed by atoms with Crippen LogP contribution in [0.25, 0.3) is 0 Å². The second-order valence-electron chi connectivity index (χ2n) is 15.4. The van der Waals surface area contributed by atoms with Crippen LogP contribution in [0.3, 0.4) is 0 Å². The highest BCUT2D eigenvalue weighted by Crippen LogP contribution is 2.37. The van der Waals surface area contributed by atoms with Crippen molar-refractivity contribution in [1.82, 2.24) is 0 Å². The van der Waals surface area contributed by atoms with Gasteiger partial charge in [0.25, 0.3) is 0 Å². The molecule has 1 rings (SSSR count). The maximum Gasteiger partial charge on any atom is 0.119 e. The minimum absolute atomic E-state index is 0. The van der Waals surface area contributed by atoms with Gasteiger partial charge in [-0.05, 0) is 37.0 Å². The van der Waals surface area contributed by atoms with Gasteiger partial charge in [0.1, 0.15) is 6.29 Å². The Morgan fingerprint density at radius 2 is 0.760 bits per heavy atom. The third-order valence-electron chi connectivity index (χ3n) is 10.0. The molecule has 308 valence electrons. The Bertz CT molecular complexity index is 507. The Morgan fingerprint density at radius 1 is 0.480 bits per heavy atom. The molecule has 0 heterocycles. The summed E-state index contributed by atoms with van der Waals surface area (Å²) >= 11 is 0. The van der Waals surface area contributed by atoms with Crippen molar-refractivity contribution >= 4 is 6.29 Å². The van der Waals surface area contributed by atoms with Gasteiger partial charge in [0, 0.05) is 6.42 Å². The predicted molar refractivity (Wildman–Crippen MR) is 237 cm³/mol. The van der Waals surface area contributed by atoms with E-state index in [1.165, 1.54) is 205 Å². The molecule has 50 heavy (non-hydrogen) atoms. The Morgan fingerprint density at radius 3 is 1.04 bits per heavy atom. The van der Waals surface area contributed by atoms with Crippen LogP contribution in [0.2, 0.25) is 0 Å². The fourth-order valence-corrected chi connectivity index (χ4v) is 6.90. The molecule has 0 radical (unpaired) electrons. The molecule has 1 saturated carbocycles. The molecular formula is C49H106O. The molecule has 1 nitrogen and oxygen atoms in total. The number of carbonyl (C=O) groups is 1. The molecule has 1 fully saturated rings. The van der Waals surface area contributed by atoms with Crippen LogP contribution in [0.1, 0.15) is 295 Å². The van der Waals surface area contributed by atoms with Gasteiger partial charge in [0.2, 0.25) is 0 Å². The summed E-state index contributed by atoms with van der Waals surface area (Å²) < 4.78 is 0. The topological polar surface area (TPSA) is 17.1 Å². The van der Waals surface area contributed by atoms with E-state index in [-0.39, 0.29) is 7.43 Å². The molecular weight excluding hydrogens is 605 g/mol. The number of hydrogen-bond donors (Lipinski definition) is 0. The average molecular weight is 711 g/mol. The van der Waals surface area contributed by atoms with Gasteiger partial charge in [-0.15, -0.1) is 0 Å². The monoisotopic (exact) mass is 711 g/mol. The zero-order valence-electron chi connectivity index (χ0n) is 36.8. The van der Waals surface area contributed by atoms with E-state index in [0.29, 0.717) is 0 Å². The predicted octanol–water partition coefficient (Wildman–Crippen LogP) is 19.1. The SMILES string of the molecule is C.CC.CC.CCC.CCCCCCCCCCCCCCCC=O.CCCCCCCCCCCCCCCCC(C)CCC1CC(C)C1. The number of hydrogen-bond acceptors (Lipinski definition) is 1. The maximum absolute atomic E-state index is 10.1. The van der Waals surface area contributed by atoms with Crippen molar-refractivity contribution in [3.63, 3.8) is 0 Å². The first kappa shape index (κ1) is 59.0. The minimum atomic E-state index is 0. The summed E-state index contributed by atoms with van der Waals surface area (Å²) in [4.78, 5) is 10.1. The van der Waals surface area contributed by atoms with Gasteiger partial charge in [-0.25, -0.2) is 0 Å². The Hall–Kier alpha value is -0.330. The molecule has 1 heteroatoms. The van der Waals surface area contributed by atoms with Crippen molar-refractivity contribution in [2.45, 2.75) is 295 Å². The van der Waals surface area contributed by atoms with E-state index < -0.39 is 0 Å². The lowest BCUT2D eigenvalue weighted by Crippen LogP contribution is -2.21. The largest absolute Gasteiger partial charge is 0.303 e. The highest BCUT2D eigenvalue weighted by molar-refractivity contribution is 5.48. The molecule has 0 bridgehead atoms. The zero-order valence-corrected chi connectivity index (χ0v) is 36.8. The van der Waals surface area contributed by atoms with Crippen LogP contribution in [0.15, 0.2) is 0 Å². The third kappa shape index (κ3) is 57.0. The summed E-state index contributed by atoms with van der Waals surface area (Å²) in [5.41, 5.74) is 0. The van der Waals surface area contributed by atoms with E-state index in [2.05, 4.69) is 41.5 Å². The van der Waals surface area contributed by atoms with Crippen molar-refractivity contribution in [2.75, 3.05) is 0 Å². The first-order chi connectivity index (χ1) is 24.0. The first-order valence-corrected chi connectivity index (χ1v) is 23.5. The second-order valence-corrected chi connectivity index (χ2v) is 15.4. The zero-order chi connectivity index (χ0) is 37.5. The van der Waals surface area contributed by atoms with Crippen LogP contribution in [-0.4, -0.2) is 6.29 Å². The lowest BCUT2D eigenvalue weighted by Gasteiger charge is -2.33. The number of rotatable bonds is 32. The second kappa shape index (κ2) is 58.0. The van der Waals surface area contributed by atoms with Crippen LogP contribution in [0, 0.1) is 17.8 Å². The molecule has 1 aliphatic rings. The quantitative estimate of drug-likeness (QED) is 0.0502. The van der Waals surface area contributed by atoms with Crippen LogP contribution >= 0.6 is 0 Å². The molecule has 0 saturated heterocycles. The molecule has 0 aromatic heterocycles. The van der Waals surface area contributed by atoms with Crippen LogP contribution in [0.5, 0.6) is 0 Å². The maximum atomic E-state index is 10.1. The summed E-state index contributed by atoms with van der Waals surface area (Å²) in [6.45, 7) is 21.7. The van der Waals surface area contributed by atoms with E-state index in [1.807, 2.05) is 27.7 Å². The molecule has 0 aliphatic heterocycles. The highest BCUT2D eigenvalue weighted by atomic mass is 16.1.